The molecule has 0 aromatic heterocycles. The molecule has 1 aliphatic heterocycles. The summed E-state index contributed by atoms with van der Waals surface area (Å²) in [6.45, 7) is 5.30. The lowest BCUT2D eigenvalue weighted by Gasteiger charge is -2.23. The highest BCUT2D eigenvalue weighted by Crippen LogP contribution is 2.14. The lowest BCUT2D eigenvalue weighted by molar-refractivity contribution is 0.0220. The van der Waals surface area contributed by atoms with Crippen LogP contribution in [-0.4, -0.2) is 45.9 Å². The molecule has 1 aliphatic rings. The van der Waals surface area contributed by atoms with Crippen LogP contribution in [0.1, 0.15) is 103 Å². The highest BCUT2D eigenvalue weighted by atomic mass is 32.3. The van der Waals surface area contributed by atoms with Gasteiger partial charge in [0, 0.05) is 13.1 Å². The van der Waals surface area contributed by atoms with Crippen LogP contribution in [0.4, 0.5) is 0 Å². The van der Waals surface area contributed by atoms with Gasteiger partial charge in [0.1, 0.15) is 0 Å². The van der Waals surface area contributed by atoms with Crippen LogP contribution in [0.2, 0.25) is 0 Å². The van der Waals surface area contributed by atoms with E-state index in [2.05, 4.69) is 16.4 Å². The third-order valence-corrected chi connectivity index (χ3v) is 5.52. The summed E-state index contributed by atoms with van der Waals surface area (Å²) in [5.74, 6) is 0. The van der Waals surface area contributed by atoms with E-state index in [1.165, 1.54) is 96.3 Å². The Hall–Kier alpha value is -0.210. The van der Waals surface area contributed by atoms with Gasteiger partial charge in [0.25, 0.3) is 0 Å². The van der Waals surface area contributed by atoms with E-state index in [1.807, 2.05) is 0 Å². The summed E-state index contributed by atoms with van der Waals surface area (Å²) in [5, 5.41) is 3.41. The Balaban J connectivity index is 0.00000105. The zero-order valence-corrected chi connectivity index (χ0v) is 19.1. The Bertz CT molecular complexity index is 411. The summed E-state index contributed by atoms with van der Waals surface area (Å²) in [4.78, 5) is 0. The predicted octanol–water partition coefficient (Wildman–Crippen LogP) is 5.28. The Morgan fingerprint density at radius 1 is 0.893 bits per heavy atom. The van der Waals surface area contributed by atoms with Gasteiger partial charge in [-0.05, 0) is 6.42 Å². The minimum absolute atomic E-state index is 0.492. The molecule has 170 valence electrons. The molecule has 0 radical (unpaired) electrons. The molecule has 1 atom stereocenters. The van der Waals surface area contributed by atoms with Gasteiger partial charge < -0.3 is 10.1 Å². The molecule has 0 aromatic carbocycles. The van der Waals surface area contributed by atoms with Gasteiger partial charge in [-0.15, -0.1) is 0 Å². The summed E-state index contributed by atoms with van der Waals surface area (Å²) in [6, 6.07) is 0. The first kappa shape index (κ1) is 27.8. The van der Waals surface area contributed by atoms with Crippen molar-refractivity contribution in [1.29, 1.82) is 0 Å². The summed E-state index contributed by atoms with van der Waals surface area (Å²) in [7, 11) is -3.29. The van der Waals surface area contributed by atoms with Gasteiger partial charge in [0.2, 0.25) is 0 Å². The Morgan fingerprint density at radius 3 is 1.68 bits per heavy atom. The first-order valence-corrected chi connectivity index (χ1v) is 12.7. The van der Waals surface area contributed by atoms with Crippen LogP contribution in [0.25, 0.3) is 0 Å². The fourth-order valence-corrected chi connectivity index (χ4v) is 3.37. The van der Waals surface area contributed by atoms with Gasteiger partial charge in [-0.3, -0.25) is 8.74 Å². The van der Waals surface area contributed by atoms with Crippen LogP contribution in [0.3, 0.4) is 0 Å². The minimum atomic E-state index is -4.16. The number of morpholine rings is 1. The van der Waals surface area contributed by atoms with Crippen molar-refractivity contribution in [2.75, 3.05) is 26.8 Å². The minimum Gasteiger partial charge on any atom is -0.376 e. The standard InChI is InChI=1S/C20H41NO.CH4O4S/c1-2-3-4-5-6-7-8-9-10-11-12-13-14-15-16-20-19-21-17-18-22-20;1-5-6(2,3)4/h20-21H,2-19H2,1H3;1H3,(H,2,3,4). The molecule has 6 nitrogen and oxygen atoms in total. The molecule has 0 aromatic rings. The van der Waals surface area contributed by atoms with Gasteiger partial charge in [-0.1, -0.05) is 96.8 Å². The van der Waals surface area contributed by atoms with E-state index in [-0.39, 0.29) is 0 Å². The van der Waals surface area contributed by atoms with Crippen molar-refractivity contribution in [3.63, 3.8) is 0 Å². The summed E-state index contributed by atoms with van der Waals surface area (Å²) < 4.78 is 35.4. The van der Waals surface area contributed by atoms with Crippen LogP contribution in [-0.2, 0) is 19.3 Å². The van der Waals surface area contributed by atoms with Crippen LogP contribution < -0.4 is 5.32 Å². The first-order valence-electron chi connectivity index (χ1n) is 11.3. The number of ether oxygens (including phenoxy) is 1. The van der Waals surface area contributed by atoms with E-state index < -0.39 is 10.4 Å². The average Bonchev–Trinajstić information content (AvgIpc) is 2.69. The maximum atomic E-state index is 9.33. The van der Waals surface area contributed by atoms with Crippen molar-refractivity contribution >= 4 is 10.4 Å². The topological polar surface area (TPSA) is 84.9 Å². The Labute approximate surface area is 174 Å². The fraction of sp³-hybridized carbons (Fsp3) is 1.00. The number of hydrogen-bond acceptors (Lipinski definition) is 5. The normalized spacial score (nSPS) is 17.2. The molecule has 1 saturated heterocycles. The number of rotatable bonds is 16. The molecule has 0 saturated carbocycles. The first-order chi connectivity index (χ1) is 13.5. The van der Waals surface area contributed by atoms with E-state index in [4.69, 9.17) is 9.29 Å². The van der Waals surface area contributed by atoms with Crippen molar-refractivity contribution < 1.29 is 21.9 Å². The maximum Gasteiger partial charge on any atom is 0.397 e. The van der Waals surface area contributed by atoms with Gasteiger partial charge in [-0.25, -0.2) is 0 Å². The van der Waals surface area contributed by atoms with E-state index in [9.17, 15) is 8.42 Å². The monoisotopic (exact) mass is 423 g/mol. The SMILES string of the molecule is CCCCCCCCCCCCCCCCC1CNCCO1.COS(=O)(=O)O. The Morgan fingerprint density at radius 2 is 1.32 bits per heavy atom. The van der Waals surface area contributed by atoms with E-state index >= 15 is 0 Å². The van der Waals surface area contributed by atoms with Crippen molar-refractivity contribution in [3.05, 3.63) is 0 Å². The van der Waals surface area contributed by atoms with Crippen LogP contribution in [0, 0.1) is 0 Å². The average molecular weight is 424 g/mol. The fourth-order valence-electron chi connectivity index (χ4n) is 3.37. The lowest BCUT2D eigenvalue weighted by Crippen LogP contribution is -2.38. The molecule has 7 heteroatoms. The van der Waals surface area contributed by atoms with E-state index in [0.717, 1.165) is 26.8 Å². The van der Waals surface area contributed by atoms with Crippen molar-refractivity contribution in [2.45, 2.75) is 109 Å². The molecule has 0 amide bonds. The molecular weight excluding hydrogens is 378 g/mol. The summed E-state index contributed by atoms with van der Waals surface area (Å²) >= 11 is 0. The smallest absolute Gasteiger partial charge is 0.376 e. The molecule has 1 heterocycles. The number of unbranched alkanes of at least 4 members (excludes halogenated alkanes) is 13. The quantitative estimate of drug-likeness (QED) is 0.259. The number of hydrogen-bond donors (Lipinski definition) is 2. The van der Waals surface area contributed by atoms with Gasteiger partial charge in [-0.2, -0.15) is 8.42 Å². The predicted molar refractivity (Wildman–Crippen MR) is 116 cm³/mol. The summed E-state index contributed by atoms with van der Waals surface area (Å²) in [5.41, 5.74) is 0. The maximum absolute atomic E-state index is 9.33. The van der Waals surface area contributed by atoms with E-state index in [1.54, 1.807) is 0 Å². The van der Waals surface area contributed by atoms with Gasteiger partial charge in [0.05, 0.1) is 19.8 Å². The molecule has 2 N–H and O–H groups in total. The molecule has 28 heavy (non-hydrogen) atoms. The van der Waals surface area contributed by atoms with Crippen molar-refractivity contribution in [3.8, 4) is 0 Å². The Kier molecular flexibility index (Phi) is 19.9. The van der Waals surface area contributed by atoms with Crippen LogP contribution in [0.5, 0.6) is 0 Å². The van der Waals surface area contributed by atoms with Gasteiger partial charge >= 0.3 is 10.4 Å². The van der Waals surface area contributed by atoms with Gasteiger partial charge in [0.15, 0.2) is 0 Å². The molecule has 0 aliphatic carbocycles. The third-order valence-electron chi connectivity index (χ3n) is 5.09. The molecule has 1 unspecified atom stereocenters. The highest BCUT2D eigenvalue weighted by Gasteiger charge is 2.11. The van der Waals surface area contributed by atoms with Crippen LogP contribution in [0.15, 0.2) is 0 Å². The second kappa shape index (κ2) is 20.1. The largest absolute Gasteiger partial charge is 0.397 e. The molecule has 1 rings (SSSR count). The second-order valence-corrected chi connectivity index (χ2v) is 8.86. The third kappa shape index (κ3) is 22.1. The lowest BCUT2D eigenvalue weighted by atomic mass is 10.0. The molecule has 0 spiro atoms. The molecular formula is C21H45NO5S. The summed E-state index contributed by atoms with van der Waals surface area (Å²) in [6.07, 6.45) is 21.9. The zero-order valence-electron chi connectivity index (χ0n) is 18.3. The zero-order chi connectivity index (χ0) is 20.9. The molecule has 0 bridgehead atoms. The highest BCUT2D eigenvalue weighted by molar-refractivity contribution is 7.80. The van der Waals surface area contributed by atoms with E-state index in [0.29, 0.717) is 6.10 Å². The number of nitrogens with one attached hydrogen (secondary N) is 1. The molecule has 1 fully saturated rings. The van der Waals surface area contributed by atoms with Crippen molar-refractivity contribution in [1.82, 2.24) is 5.32 Å². The van der Waals surface area contributed by atoms with Crippen molar-refractivity contribution in [2.24, 2.45) is 0 Å². The second-order valence-electron chi connectivity index (χ2n) is 7.68. The van der Waals surface area contributed by atoms with Crippen LogP contribution >= 0.6 is 0 Å².